The number of unbranched alkanes of at least 4 members (excludes halogenated alkanes) is 1. The van der Waals surface area contributed by atoms with Crippen molar-refractivity contribution in [2.75, 3.05) is 13.1 Å². The molecule has 33 heavy (non-hydrogen) atoms. The van der Waals surface area contributed by atoms with Crippen LogP contribution in [0.4, 0.5) is 0 Å². The summed E-state index contributed by atoms with van der Waals surface area (Å²) >= 11 is 0. The van der Waals surface area contributed by atoms with Crippen LogP contribution in [-0.2, 0) is 4.79 Å². The Balaban J connectivity index is 2.14. The van der Waals surface area contributed by atoms with Gasteiger partial charge >= 0.3 is 0 Å². The molecule has 7 heteroatoms. The quantitative estimate of drug-likeness (QED) is 0.469. The first-order chi connectivity index (χ1) is 15.8. The van der Waals surface area contributed by atoms with E-state index >= 15 is 0 Å². The molecule has 2 bridgehead atoms. The minimum atomic E-state index is -0.842. The lowest BCUT2D eigenvalue weighted by Crippen LogP contribution is -2.46. The molecule has 0 radical (unpaired) electrons. The molecule has 0 aromatic heterocycles. The molecule has 0 aliphatic carbocycles. The summed E-state index contributed by atoms with van der Waals surface area (Å²) in [6.07, 6.45) is 5.93. The van der Waals surface area contributed by atoms with Gasteiger partial charge < -0.3 is 21.1 Å². The summed E-state index contributed by atoms with van der Waals surface area (Å²) in [5.74, 6) is -0.627. The molecule has 184 valence electrons. The highest BCUT2D eigenvalue weighted by molar-refractivity contribution is 5.99. The number of carbonyl (C=O) groups is 3. The number of amides is 3. The van der Waals surface area contributed by atoms with Crippen LogP contribution in [0.25, 0.3) is 0 Å². The summed E-state index contributed by atoms with van der Waals surface area (Å²) in [7, 11) is 0. The Morgan fingerprint density at radius 1 is 1.18 bits per heavy atom. The first kappa shape index (κ1) is 26.8. The fourth-order valence-corrected chi connectivity index (χ4v) is 4.21. The Bertz CT molecular complexity index is 783. The predicted octanol–water partition coefficient (Wildman–Crippen LogP) is 3.42. The van der Waals surface area contributed by atoms with Crippen molar-refractivity contribution in [3.05, 3.63) is 35.4 Å². The molecule has 4 N–H and O–H groups in total. The molecule has 0 saturated carbocycles. The van der Waals surface area contributed by atoms with Gasteiger partial charge in [0.15, 0.2) is 0 Å². The monoisotopic (exact) mass is 459 g/mol. The second-order valence-corrected chi connectivity index (χ2v) is 9.46. The lowest BCUT2D eigenvalue weighted by molar-refractivity contribution is -0.125. The molecule has 2 rings (SSSR count). The Morgan fingerprint density at radius 2 is 1.91 bits per heavy atom. The van der Waals surface area contributed by atoms with Crippen LogP contribution in [0.5, 0.6) is 0 Å². The van der Waals surface area contributed by atoms with E-state index in [1.807, 2.05) is 6.92 Å². The van der Waals surface area contributed by atoms with E-state index in [1.54, 1.807) is 24.3 Å². The van der Waals surface area contributed by atoms with Crippen LogP contribution in [0.1, 0.15) is 92.9 Å². The van der Waals surface area contributed by atoms with Crippen molar-refractivity contribution in [3.8, 4) is 0 Å². The highest BCUT2D eigenvalue weighted by Gasteiger charge is 2.27. The summed E-state index contributed by atoms with van der Waals surface area (Å²) in [5, 5.41) is 19.8. The first-order valence-electron chi connectivity index (χ1n) is 12.5. The zero-order valence-corrected chi connectivity index (χ0v) is 20.4. The number of hydrogen-bond acceptors (Lipinski definition) is 4. The van der Waals surface area contributed by atoms with Gasteiger partial charge in [-0.1, -0.05) is 52.5 Å². The maximum absolute atomic E-state index is 13.0. The SMILES string of the molecule is CCCCNC(=O)C(C)CC(O)C1C[C@H](C)CCCCCNC(=O)c2cccc(c2)C(=O)N1. The van der Waals surface area contributed by atoms with Gasteiger partial charge in [0, 0.05) is 30.1 Å². The van der Waals surface area contributed by atoms with Crippen molar-refractivity contribution in [2.24, 2.45) is 11.8 Å². The predicted molar refractivity (Wildman–Crippen MR) is 130 cm³/mol. The van der Waals surface area contributed by atoms with E-state index in [2.05, 4.69) is 29.8 Å². The van der Waals surface area contributed by atoms with E-state index in [0.29, 0.717) is 36.6 Å². The van der Waals surface area contributed by atoms with Crippen molar-refractivity contribution in [1.82, 2.24) is 16.0 Å². The van der Waals surface area contributed by atoms with Crippen LogP contribution in [0.15, 0.2) is 24.3 Å². The molecule has 1 aliphatic rings. The molecule has 0 fully saturated rings. The summed E-state index contributed by atoms with van der Waals surface area (Å²) < 4.78 is 0. The number of nitrogens with one attached hydrogen (secondary N) is 3. The van der Waals surface area contributed by atoms with Gasteiger partial charge in [0.1, 0.15) is 0 Å². The second-order valence-electron chi connectivity index (χ2n) is 9.46. The molecule has 4 atom stereocenters. The van der Waals surface area contributed by atoms with Crippen molar-refractivity contribution >= 4 is 17.7 Å². The lowest BCUT2D eigenvalue weighted by atomic mass is 9.89. The molecule has 3 amide bonds. The molecule has 1 heterocycles. The lowest BCUT2D eigenvalue weighted by Gasteiger charge is -2.28. The molecule has 1 aromatic carbocycles. The van der Waals surface area contributed by atoms with Crippen LogP contribution in [0.3, 0.4) is 0 Å². The number of aliphatic hydroxyl groups is 1. The van der Waals surface area contributed by atoms with Gasteiger partial charge in [0.25, 0.3) is 11.8 Å². The normalized spacial score (nSPS) is 22.2. The smallest absolute Gasteiger partial charge is 0.251 e. The van der Waals surface area contributed by atoms with Crippen LogP contribution in [0, 0.1) is 11.8 Å². The molecule has 3 unspecified atom stereocenters. The third kappa shape index (κ3) is 9.16. The van der Waals surface area contributed by atoms with Crippen molar-refractivity contribution in [3.63, 3.8) is 0 Å². The largest absolute Gasteiger partial charge is 0.391 e. The highest BCUT2D eigenvalue weighted by Crippen LogP contribution is 2.21. The summed E-state index contributed by atoms with van der Waals surface area (Å²) in [6.45, 7) is 7.26. The van der Waals surface area contributed by atoms with Gasteiger partial charge in [-0.25, -0.2) is 0 Å². The van der Waals surface area contributed by atoms with E-state index < -0.39 is 12.1 Å². The molecular formula is C26H41N3O4. The Morgan fingerprint density at radius 3 is 2.64 bits per heavy atom. The topological polar surface area (TPSA) is 108 Å². The van der Waals surface area contributed by atoms with E-state index in [4.69, 9.17) is 0 Å². The van der Waals surface area contributed by atoms with E-state index in [0.717, 1.165) is 38.5 Å². The van der Waals surface area contributed by atoms with Gasteiger partial charge in [-0.15, -0.1) is 0 Å². The number of aliphatic hydroxyl groups excluding tert-OH is 1. The van der Waals surface area contributed by atoms with Gasteiger partial charge in [-0.3, -0.25) is 14.4 Å². The van der Waals surface area contributed by atoms with Crippen LogP contribution >= 0.6 is 0 Å². The molecular weight excluding hydrogens is 418 g/mol. The van der Waals surface area contributed by atoms with Gasteiger partial charge in [-0.2, -0.15) is 0 Å². The Kier molecular flexibility index (Phi) is 11.4. The molecule has 0 saturated heterocycles. The average molecular weight is 460 g/mol. The minimum Gasteiger partial charge on any atom is -0.391 e. The molecule has 7 nitrogen and oxygen atoms in total. The van der Waals surface area contributed by atoms with Crippen LogP contribution < -0.4 is 16.0 Å². The highest BCUT2D eigenvalue weighted by atomic mass is 16.3. The van der Waals surface area contributed by atoms with Crippen molar-refractivity contribution in [1.29, 1.82) is 0 Å². The second kappa shape index (κ2) is 14.0. The zero-order chi connectivity index (χ0) is 24.2. The number of benzene rings is 1. The fraction of sp³-hybridized carbons (Fsp3) is 0.654. The fourth-order valence-electron chi connectivity index (χ4n) is 4.21. The summed E-state index contributed by atoms with van der Waals surface area (Å²) in [5.41, 5.74) is 0.827. The molecule has 0 spiro atoms. The number of fused-ring (bicyclic) bond motifs is 2. The minimum absolute atomic E-state index is 0.0715. The summed E-state index contributed by atoms with van der Waals surface area (Å²) in [4.78, 5) is 37.8. The van der Waals surface area contributed by atoms with Gasteiger partial charge in [0.05, 0.1) is 12.1 Å². The number of hydrogen-bond donors (Lipinski definition) is 4. The third-order valence-corrected chi connectivity index (χ3v) is 6.36. The van der Waals surface area contributed by atoms with E-state index in [-0.39, 0.29) is 30.1 Å². The Hall–Kier alpha value is -2.41. The maximum Gasteiger partial charge on any atom is 0.251 e. The standard InChI is InChI=1S/C26H41N3O4/c1-4-5-13-27-24(31)19(3)16-23(30)22-15-18(2)10-7-6-8-14-28-25(32)20-11-9-12-21(17-20)26(33)29-22/h9,11-12,17-19,22-23,30H,4-8,10,13-16H2,1-3H3,(H,27,31)(H,28,32)(H,29,33)/t18-,19?,22?,23?/m1/s1. The molecule has 1 aliphatic heterocycles. The zero-order valence-electron chi connectivity index (χ0n) is 20.4. The van der Waals surface area contributed by atoms with Crippen molar-refractivity contribution in [2.45, 2.75) is 84.3 Å². The van der Waals surface area contributed by atoms with Crippen LogP contribution in [-0.4, -0.2) is 48.1 Å². The van der Waals surface area contributed by atoms with Gasteiger partial charge in [0.2, 0.25) is 5.91 Å². The first-order valence-corrected chi connectivity index (χ1v) is 12.5. The van der Waals surface area contributed by atoms with E-state index in [1.165, 1.54) is 0 Å². The Labute approximate surface area is 198 Å². The summed E-state index contributed by atoms with van der Waals surface area (Å²) in [6, 6.07) is 6.17. The third-order valence-electron chi connectivity index (χ3n) is 6.36. The van der Waals surface area contributed by atoms with Gasteiger partial charge in [-0.05, 0) is 49.8 Å². The van der Waals surface area contributed by atoms with Crippen molar-refractivity contribution < 1.29 is 19.5 Å². The average Bonchev–Trinajstić information content (AvgIpc) is 2.80. The number of carbonyl (C=O) groups excluding carboxylic acids is 3. The maximum atomic E-state index is 13.0. The molecule has 1 aromatic rings. The number of rotatable bonds is 7. The van der Waals surface area contributed by atoms with Crippen LogP contribution in [0.2, 0.25) is 0 Å². The van der Waals surface area contributed by atoms with E-state index in [9.17, 15) is 19.5 Å².